The Morgan fingerprint density at radius 3 is 2.90 bits per heavy atom. The molecule has 0 fully saturated rings. The highest BCUT2D eigenvalue weighted by molar-refractivity contribution is 7.09. The van der Waals surface area contributed by atoms with Gasteiger partial charge in [-0.1, -0.05) is 12.1 Å². The summed E-state index contributed by atoms with van der Waals surface area (Å²) >= 11 is 1.67. The van der Waals surface area contributed by atoms with Crippen molar-refractivity contribution in [2.75, 3.05) is 11.1 Å². The maximum Gasteiger partial charge on any atom is 0.115 e. The Morgan fingerprint density at radius 1 is 1.30 bits per heavy atom. The van der Waals surface area contributed by atoms with Crippen molar-refractivity contribution >= 4 is 33.6 Å². The first-order valence-corrected chi connectivity index (χ1v) is 7.35. The minimum atomic E-state index is 0.153. The molecule has 3 N–H and O–H groups in total. The quantitative estimate of drug-likeness (QED) is 0.719. The molecule has 102 valence electrons. The van der Waals surface area contributed by atoms with Crippen LogP contribution in [0.15, 0.2) is 35.8 Å². The van der Waals surface area contributed by atoms with E-state index in [-0.39, 0.29) is 6.04 Å². The van der Waals surface area contributed by atoms with Gasteiger partial charge >= 0.3 is 0 Å². The van der Waals surface area contributed by atoms with Crippen LogP contribution in [0.25, 0.3) is 10.9 Å². The molecule has 3 aromatic rings. The van der Waals surface area contributed by atoms with Crippen molar-refractivity contribution in [2.45, 2.75) is 19.9 Å². The molecule has 1 aromatic carbocycles. The number of rotatable bonds is 3. The molecule has 0 saturated carbocycles. The van der Waals surface area contributed by atoms with Crippen LogP contribution in [0.5, 0.6) is 0 Å². The monoisotopic (exact) mass is 284 g/mol. The largest absolute Gasteiger partial charge is 0.397 e. The van der Waals surface area contributed by atoms with E-state index in [0.29, 0.717) is 5.69 Å². The van der Waals surface area contributed by atoms with E-state index < -0.39 is 0 Å². The van der Waals surface area contributed by atoms with Gasteiger partial charge in [0.05, 0.1) is 17.2 Å². The van der Waals surface area contributed by atoms with Crippen molar-refractivity contribution in [3.63, 3.8) is 0 Å². The molecule has 3 rings (SSSR count). The number of aryl methyl sites for hydroxylation is 1. The number of hydrogen-bond acceptors (Lipinski definition) is 5. The van der Waals surface area contributed by atoms with Crippen LogP contribution >= 0.6 is 11.3 Å². The lowest BCUT2D eigenvalue weighted by Crippen LogP contribution is -2.07. The van der Waals surface area contributed by atoms with Crippen molar-refractivity contribution in [1.29, 1.82) is 0 Å². The van der Waals surface area contributed by atoms with Crippen LogP contribution in [0.3, 0.4) is 0 Å². The van der Waals surface area contributed by atoms with Gasteiger partial charge in [-0.3, -0.25) is 4.98 Å². The predicted molar refractivity (Wildman–Crippen MR) is 85.0 cm³/mol. The Bertz CT molecular complexity index is 750. The predicted octanol–water partition coefficient (Wildman–Crippen LogP) is 3.76. The number of nitrogens with zero attached hydrogens (tertiary/aromatic N) is 2. The number of benzene rings is 1. The topological polar surface area (TPSA) is 63.8 Å². The van der Waals surface area contributed by atoms with E-state index in [1.165, 1.54) is 0 Å². The van der Waals surface area contributed by atoms with Gasteiger partial charge in [0.2, 0.25) is 0 Å². The molecular formula is C15H16N4S. The summed E-state index contributed by atoms with van der Waals surface area (Å²) in [5, 5.41) is 7.67. The summed E-state index contributed by atoms with van der Waals surface area (Å²) in [7, 11) is 0. The van der Waals surface area contributed by atoms with Crippen LogP contribution in [0, 0.1) is 6.92 Å². The third kappa shape index (κ3) is 2.32. The van der Waals surface area contributed by atoms with Gasteiger partial charge in [-0.05, 0) is 26.0 Å². The van der Waals surface area contributed by atoms with E-state index in [0.717, 1.165) is 27.3 Å². The molecule has 0 spiro atoms. The second kappa shape index (κ2) is 5.09. The number of nitrogens with two attached hydrogens (primary N) is 1. The average molecular weight is 284 g/mol. The number of thiazole rings is 1. The van der Waals surface area contributed by atoms with Crippen LogP contribution in [0.4, 0.5) is 11.4 Å². The molecular weight excluding hydrogens is 268 g/mol. The standard InChI is InChI=1S/C15H16N4S/c1-9-8-20-15(18-9)10(2)19-13-6-7-17-14-11(13)4-3-5-12(14)16/h3-8,10H,16H2,1-2H3,(H,17,19). The number of nitrogen functional groups attached to an aromatic ring is 1. The number of para-hydroxylation sites is 1. The molecule has 1 unspecified atom stereocenters. The molecule has 0 aliphatic rings. The number of nitrogens with one attached hydrogen (secondary N) is 1. The van der Waals surface area contributed by atoms with Gasteiger partial charge in [-0.2, -0.15) is 0 Å². The lowest BCUT2D eigenvalue weighted by molar-refractivity contribution is 0.865. The fourth-order valence-electron chi connectivity index (χ4n) is 2.19. The number of fused-ring (bicyclic) bond motifs is 1. The van der Waals surface area contributed by atoms with Gasteiger partial charge < -0.3 is 11.1 Å². The van der Waals surface area contributed by atoms with E-state index in [1.54, 1.807) is 17.5 Å². The molecule has 2 heterocycles. The third-order valence-electron chi connectivity index (χ3n) is 3.18. The van der Waals surface area contributed by atoms with Crippen LogP contribution in [0.2, 0.25) is 0 Å². The third-order valence-corrected chi connectivity index (χ3v) is 4.33. The van der Waals surface area contributed by atoms with Gasteiger partial charge in [0, 0.05) is 28.3 Å². The Hall–Kier alpha value is -2.14. The highest BCUT2D eigenvalue weighted by atomic mass is 32.1. The van der Waals surface area contributed by atoms with E-state index in [9.17, 15) is 0 Å². The molecule has 0 radical (unpaired) electrons. The molecule has 2 aromatic heterocycles. The summed E-state index contributed by atoms with van der Waals surface area (Å²) in [4.78, 5) is 8.87. The second-order valence-electron chi connectivity index (χ2n) is 4.80. The molecule has 0 aliphatic heterocycles. The van der Waals surface area contributed by atoms with Gasteiger partial charge in [0.25, 0.3) is 0 Å². The zero-order valence-corrected chi connectivity index (χ0v) is 12.2. The molecule has 4 nitrogen and oxygen atoms in total. The summed E-state index contributed by atoms with van der Waals surface area (Å²) in [5.74, 6) is 0. The second-order valence-corrected chi connectivity index (χ2v) is 5.68. The summed E-state index contributed by atoms with van der Waals surface area (Å²) < 4.78 is 0. The summed E-state index contributed by atoms with van der Waals surface area (Å²) in [6.45, 7) is 4.12. The Kier molecular flexibility index (Phi) is 3.28. The van der Waals surface area contributed by atoms with Gasteiger partial charge in [-0.25, -0.2) is 4.98 Å². The van der Waals surface area contributed by atoms with E-state index >= 15 is 0 Å². The zero-order chi connectivity index (χ0) is 14.1. The van der Waals surface area contributed by atoms with Gasteiger partial charge in [0.1, 0.15) is 5.01 Å². The first-order chi connectivity index (χ1) is 9.65. The van der Waals surface area contributed by atoms with E-state index in [1.807, 2.05) is 31.2 Å². The van der Waals surface area contributed by atoms with Crippen molar-refractivity contribution in [2.24, 2.45) is 0 Å². The lowest BCUT2D eigenvalue weighted by Gasteiger charge is -2.15. The highest BCUT2D eigenvalue weighted by Gasteiger charge is 2.11. The first kappa shape index (κ1) is 12.9. The number of hydrogen-bond donors (Lipinski definition) is 2. The van der Waals surface area contributed by atoms with E-state index in [2.05, 4.69) is 27.6 Å². The van der Waals surface area contributed by atoms with Crippen LogP contribution < -0.4 is 11.1 Å². The summed E-state index contributed by atoms with van der Waals surface area (Å²) in [6.07, 6.45) is 1.78. The van der Waals surface area contributed by atoms with Crippen LogP contribution in [-0.2, 0) is 0 Å². The van der Waals surface area contributed by atoms with Crippen LogP contribution in [-0.4, -0.2) is 9.97 Å². The Labute approximate surface area is 121 Å². The normalized spacial score (nSPS) is 12.5. The van der Waals surface area contributed by atoms with Crippen LogP contribution in [0.1, 0.15) is 23.7 Å². The Balaban J connectivity index is 1.97. The smallest absolute Gasteiger partial charge is 0.115 e. The number of anilines is 2. The van der Waals surface area contributed by atoms with Crippen molar-refractivity contribution in [3.05, 3.63) is 46.5 Å². The zero-order valence-electron chi connectivity index (χ0n) is 11.4. The SMILES string of the molecule is Cc1csc(C(C)Nc2ccnc3c(N)cccc23)n1. The first-order valence-electron chi connectivity index (χ1n) is 6.47. The summed E-state index contributed by atoms with van der Waals surface area (Å²) in [5.41, 5.74) is 9.59. The molecule has 0 amide bonds. The molecule has 0 aliphatic carbocycles. The molecule has 5 heteroatoms. The highest BCUT2D eigenvalue weighted by Crippen LogP contribution is 2.29. The van der Waals surface area contributed by atoms with E-state index in [4.69, 9.17) is 5.73 Å². The Morgan fingerprint density at radius 2 is 2.15 bits per heavy atom. The minimum Gasteiger partial charge on any atom is -0.397 e. The number of pyridine rings is 1. The van der Waals surface area contributed by atoms with Gasteiger partial charge in [0.15, 0.2) is 0 Å². The molecule has 0 bridgehead atoms. The number of aromatic nitrogens is 2. The average Bonchev–Trinajstić information content (AvgIpc) is 2.87. The lowest BCUT2D eigenvalue weighted by atomic mass is 10.1. The van der Waals surface area contributed by atoms with Gasteiger partial charge in [-0.15, -0.1) is 11.3 Å². The van der Waals surface area contributed by atoms with Crippen molar-refractivity contribution in [1.82, 2.24) is 9.97 Å². The molecule has 0 saturated heterocycles. The minimum absolute atomic E-state index is 0.153. The van der Waals surface area contributed by atoms with Crippen molar-refractivity contribution < 1.29 is 0 Å². The fourth-order valence-corrected chi connectivity index (χ4v) is 2.99. The molecule has 1 atom stereocenters. The maximum atomic E-state index is 5.97. The molecule has 20 heavy (non-hydrogen) atoms. The maximum absolute atomic E-state index is 5.97. The summed E-state index contributed by atoms with van der Waals surface area (Å²) in [6, 6.07) is 7.97. The fraction of sp³-hybridized carbons (Fsp3) is 0.200. The van der Waals surface area contributed by atoms with Crippen molar-refractivity contribution in [3.8, 4) is 0 Å².